The first kappa shape index (κ1) is 26.5. The molecule has 4 aromatic rings. The average Bonchev–Trinajstić information content (AvgIpc) is 3.54. The number of methoxy groups -OCH3 is 1. The van der Waals surface area contributed by atoms with Crippen LogP contribution in [0.3, 0.4) is 0 Å². The molecule has 3 N–H and O–H groups in total. The zero-order valence-electron chi connectivity index (χ0n) is 23.8. The van der Waals surface area contributed by atoms with E-state index in [1.165, 1.54) is 5.56 Å². The molecular formula is C34H34N4O4. The number of likely N-dealkylation sites (tertiary alicyclic amines) is 1. The van der Waals surface area contributed by atoms with E-state index in [4.69, 9.17) is 4.74 Å². The number of nitrogens with zero attached hydrogens (tertiary/aromatic N) is 2. The first-order valence-electron chi connectivity index (χ1n) is 14.5. The van der Waals surface area contributed by atoms with Crippen LogP contribution in [-0.4, -0.2) is 52.3 Å². The summed E-state index contributed by atoms with van der Waals surface area (Å²) in [5.74, 6) is 0.248. The second kappa shape index (κ2) is 9.84. The van der Waals surface area contributed by atoms with Gasteiger partial charge in [-0.3, -0.25) is 19.6 Å². The number of ether oxygens (including phenoxy) is 1. The first-order valence-corrected chi connectivity index (χ1v) is 14.5. The number of hydrogen-bond donors (Lipinski definition) is 3. The molecule has 8 heteroatoms. The number of hydrogen-bond acceptors (Lipinski definition) is 5. The number of carboxylic acids is 1. The van der Waals surface area contributed by atoms with Crippen molar-refractivity contribution < 1.29 is 19.4 Å². The third-order valence-electron chi connectivity index (χ3n) is 9.64. The van der Waals surface area contributed by atoms with Gasteiger partial charge in [-0.25, -0.2) is 0 Å². The van der Waals surface area contributed by atoms with Crippen LogP contribution in [0.15, 0.2) is 60.7 Å². The van der Waals surface area contributed by atoms with E-state index < -0.39 is 16.8 Å². The van der Waals surface area contributed by atoms with Crippen LogP contribution in [-0.2, 0) is 21.5 Å². The summed E-state index contributed by atoms with van der Waals surface area (Å²) < 4.78 is 5.42. The quantitative estimate of drug-likeness (QED) is 0.263. The van der Waals surface area contributed by atoms with Crippen LogP contribution in [0.25, 0.3) is 23.1 Å². The fourth-order valence-electron chi connectivity index (χ4n) is 6.69. The van der Waals surface area contributed by atoms with Crippen molar-refractivity contribution in [2.75, 3.05) is 25.5 Å². The van der Waals surface area contributed by atoms with E-state index >= 15 is 0 Å². The van der Waals surface area contributed by atoms with E-state index in [2.05, 4.69) is 69.0 Å². The zero-order valence-corrected chi connectivity index (χ0v) is 23.8. The van der Waals surface area contributed by atoms with Crippen molar-refractivity contribution in [2.45, 2.75) is 44.1 Å². The number of aromatic amines is 1. The Morgan fingerprint density at radius 2 is 1.88 bits per heavy atom. The molecule has 2 aliphatic heterocycles. The van der Waals surface area contributed by atoms with Gasteiger partial charge in [0.05, 0.1) is 29.2 Å². The smallest absolute Gasteiger partial charge is 0.309 e. The predicted octanol–water partition coefficient (Wildman–Crippen LogP) is 5.81. The van der Waals surface area contributed by atoms with Gasteiger partial charge in [-0.05, 0) is 91.9 Å². The van der Waals surface area contributed by atoms with E-state index in [1.54, 1.807) is 7.11 Å². The number of amides is 1. The van der Waals surface area contributed by atoms with E-state index in [-0.39, 0.29) is 11.8 Å². The number of aromatic nitrogens is 2. The van der Waals surface area contributed by atoms with Gasteiger partial charge in [0.2, 0.25) is 5.91 Å². The molecule has 7 rings (SSSR count). The highest BCUT2D eigenvalue weighted by molar-refractivity contribution is 6.10. The topological polar surface area (TPSA) is 108 Å². The Morgan fingerprint density at radius 1 is 1.10 bits per heavy atom. The van der Waals surface area contributed by atoms with Gasteiger partial charge < -0.3 is 15.2 Å². The Labute approximate surface area is 244 Å². The summed E-state index contributed by atoms with van der Waals surface area (Å²) in [6, 6.07) is 20.6. The molecule has 1 saturated carbocycles. The number of H-pyrrole nitrogens is 1. The molecule has 0 radical (unpaired) electrons. The SMILES string of the molecule is COc1ccc2c(c1)[C@]1(C[C@H]1c1ccc3c(/C=C/c4ccc(CN5CCC(C)(C(=O)O)CC5)cc4)n[nH]c3c1)C(=O)N2. The number of anilines is 1. The summed E-state index contributed by atoms with van der Waals surface area (Å²) in [5, 5.41) is 21.3. The minimum Gasteiger partial charge on any atom is -0.497 e. The number of rotatable bonds is 7. The lowest BCUT2D eigenvalue weighted by Crippen LogP contribution is -2.42. The summed E-state index contributed by atoms with van der Waals surface area (Å²) in [6.07, 6.45) is 6.23. The summed E-state index contributed by atoms with van der Waals surface area (Å²) in [5.41, 5.74) is 6.03. The van der Waals surface area contributed by atoms with Gasteiger partial charge in [0.15, 0.2) is 0 Å². The Hall–Kier alpha value is -4.43. The standard InChI is InChI=1S/C34H34N4O4/c1-33(32(40)41)13-15-38(16-14-33)20-22-5-3-21(4-6-22)7-11-28-25-10-8-23(17-30(25)37-36-28)27-19-34(27)26-18-24(42-2)9-12-29(26)35-31(34)39/h3-12,17-18,27H,13-16,19-20H2,1-2H3,(H,35,39)(H,36,37)(H,40,41)/b11-7+/t27-,34-/m0/s1. The molecule has 0 unspecified atom stereocenters. The highest BCUT2D eigenvalue weighted by atomic mass is 16.5. The van der Waals surface area contributed by atoms with Gasteiger partial charge in [0.1, 0.15) is 5.75 Å². The fraction of sp³-hybridized carbons (Fsp3) is 0.324. The van der Waals surface area contributed by atoms with Crippen molar-refractivity contribution in [3.8, 4) is 5.75 Å². The van der Waals surface area contributed by atoms with Gasteiger partial charge in [0.25, 0.3) is 0 Å². The number of carboxylic acid groups (broad SMARTS) is 1. The van der Waals surface area contributed by atoms with Crippen LogP contribution in [0.2, 0.25) is 0 Å². The molecule has 1 saturated heterocycles. The molecule has 1 spiro atoms. The second-order valence-corrected chi connectivity index (χ2v) is 12.2. The summed E-state index contributed by atoms with van der Waals surface area (Å²) in [6.45, 7) is 4.28. The molecule has 8 nitrogen and oxygen atoms in total. The van der Waals surface area contributed by atoms with Crippen LogP contribution in [0, 0.1) is 5.41 Å². The van der Waals surface area contributed by atoms with E-state index in [0.29, 0.717) is 12.8 Å². The maximum atomic E-state index is 13.0. The minimum atomic E-state index is -0.689. The highest BCUT2D eigenvalue weighted by Crippen LogP contribution is 2.65. The van der Waals surface area contributed by atoms with Crippen molar-refractivity contribution >= 4 is 40.6 Å². The van der Waals surface area contributed by atoms with Gasteiger partial charge in [-0.15, -0.1) is 0 Å². The highest BCUT2D eigenvalue weighted by Gasteiger charge is 2.65. The molecule has 1 amide bonds. The molecule has 0 bridgehead atoms. The number of aliphatic carboxylic acids is 1. The minimum absolute atomic E-state index is 0.0622. The molecule has 214 valence electrons. The zero-order chi connectivity index (χ0) is 29.1. The van der Waals surface area contributed by atoms with Crippen LogP contribution in [0.5, 0.6) is 5.75 Å². The Kier molecular flexibility index (Phi) is 6.20. The van der Waals surface area contributed by atoms with Crippen molar-refractivity contribution in [3.05, 3.63) is 88.6 Å². The number of fused-ring (bicyclic) bond motifs is 3. The van der Waals surface area contributed by atoms with Crippen molar-refractivity contribution in [1.29, 1.82) is 0 Å². The largest absolute Gasteiger partial charge is 0.497 e. The number of piperidine rings is 1. The lowest BCUT2D eigenvalue weighted by Gasteiger charge is -2.36. The third kappa shape index (κ3) is 4.38. The first-order chi connectivity index (χ1) is 20.3. The van der Waals surface area contributed by atoms with Crippen LogP contribution >= 0.6 is 0 Å². The molecule has 1 aromatic heterocycles. The molecule has 3 aromatic carbocycles. The summed E-state index contributed by atoms with van der Waals surface area (Å²) in [7, 11) is 1.65. The van der Waals surface area contributed by atoms with Crippen molar-refractivity contribution in [2.24, 2.45) is 5.41 Å². The Bertz CT molecular complexity index is 1730. The number of benzene rings is 3. The van der Waals surface area contributed by atoms with E-state index in [9.17, 15) is 14.7 Å². The molecular weight excluding hydrogens is 528 g/mol. The molecule has 3 aliphatic rings. The molecule has 1 aliphatic carbocycles. The monoisotopic (exact) mass is 562 g/mol. The average molecular weight is 563 g/mol. The fourth-order valence-corrected chi connectivity index (χ4v) is 6.69. The van der Waals surface area contributed by atoms with Gasteiger partial charge in [-0.1, -0.05) is 42.5 Å². The maximum absolute atomic E-state index is 13.0. The van der Waals surface area contributed by atoms with Gasteiger partial charge >= 0.3 is 5.97 Å². The third-order valence-corrected chi connectivity index (χ3v) is 9.64. The van der Waals surface area contributed by atoms with Crippen LogP contribution < -0.4 is 10.1 Å². The molecule has 2 atom stereocenters. The summed E-state index contributed by atoms with van der Waals surface area (Å²) >= 11 is 0. The number of carbonyl (C=O) groups excluding carboxylic acids is 1. The maximum Gasteiger partial charge on any atom is 0.309 e. The normalized spacial score (nSPS) is 22.9. The van der Waals surface area contributed by atoms with E-state index in [0.717, 1.165) is 70.8 Å². The molecule has 3 heterocycles. The van der Waals surface area contributed by atoms with E-state index in [1.807, 2.05) is 31.2 Å². The van der Waals surface area contributed by atoms with Gasteiger partial charge in [-0.2, -0.15) is 5.10 Å². The van der Waals surface area contributed by atoms with Crippen LogP contribution in [0.4, 0.5) is 5.69 Å². The summed E-state index contributed by atoms with van der Waals surface area (Å²) in [4.78, 5) is 26.9. The van der Waals surface area contributed by atoms with Gasteiger partial charge in [0, 0.05) is 23.5 Å². The van der Waals surface area contributed by atoms with Crippen molar-refractivity contribution in [3.63, 3.8) is 0 Å². The predicted molar refractivity (Wildman–Crippen MR) is 162 cm³/mol. The van der Waals surface area contributed by atoms with Crippen molar-refractivity contribution in [1.82, 2.24) is 15.1 Å². The molecule has 2 fully saturated rings. The number of nitrogens with one attached hydrogen (secondary N) is 2. The second-order valence-electron chi connectivity index (χ2n) is 12.2. The lowest BCUT2D eigenvalue weighted by molar-refractivity contribution is -0.150. The van der Waals surface area contributed by atoms with Crippen LogP contribution in [0.1, 0.15) is 60.1 Å². The lowest BCUT2D eigenvalue weighted by atomic mass is 9.80. The Balaban J connectivity index is 1.03. The Morgan fingerprint density at radius 3 is 2.62 bits per heavy atom. The molecule has 42 heavy (non-hydrogen) atoms. The number of carbonyl (C=O) groups is 2.